The Labute approximate surface area is 131 Å². The standard InChI is InChI=1S/C17H25NO4/c1-13-4-2-3-7-18(13)9-15(19)11-20-10-14-5-6-16-17(8-14)22-12-21-16/h5-6,8,13,15,19H,2-4,7,9-12H2,1H3/t13-,15-/m0/s1. The molecule has 0 spiro atoms. The monoisotopic (exact) mass is 307 g/mol. The fraction of sp³-hybridized carbons (Fsp3) is 0.647. The van der Waals surface area contributed by atoms with Crippen LogP contribution in [0.1, 0.15) is 31.7 Å². The van der Waals surface area contributed by atoms with Gasteiger partial charge in [-0.25, -0.2) is 0 Å². The summed E-state index contributed by atoms with van der Waals surface area (Å²) in [6, 6.07) is 6.36. The predicted octanol–water partition coefficient (Wildman–Crippen LogP) is 2.17. The second-order valence-corrected chi connectivity index (χ2v) is 6.20. The van der Waals surface area contributed by atoms with E-state index < -0.39 is 6.10 Å². The summed E-state index contributed by atoms with van der Waals surface area (Å²) in [4.78, 5) is 2.36. The van der Waals surface area contributed by atoms with Crippen LogP contribution in [-0.4, -0.2) is 48.6 Å². The van der Waals surface area contributed by atoms with Crippen molar-refractivity contribution in [3.8, 4) is 11.5 Å². The molecule has 1 aromatic rings. The second-order valence-electron chi connectivity index (χ2n) is 6.20. The number of aliphatic hydroxyl groups is 1. The summed E-state index contributed by atoms with van der Waals surface area (Å²) in [6.45, 7) is 5.13. The Morgan fingerprint density at radius 1 is 1.32 bits per heavy atom. The largest absolute Gasteiger partial charge is 0.454 e. The molecule has 122 valence electrons. The van der Waals surface area contributed by atoms with Gasteiger partial charge in [0.1, 0.15) is 0 Å². The Kier molecular flexibility index (Phi) is 5.18. The first kappa shape index (κ1) is 15.6. The summed E-state index contributed by atoms with van der Waals surface area (Å²) in [5.74, 6) is 1.55. The van der Waals surface area contributed by atoms with E-state index in [4.69, 9.17) is 14.2 Å². The summed E-state index contributed by atoms with van der Waals surface area (Å²) in [6.07, 6.45) is 3.32. The normalized spacial score (nSPS) is 22.7. The molecule has 22 heavy (non-hydrogen) atoms. The first-order valence-corrected chi connectivity index (χ1v) is 8.11. The van der Waals surface area contributed by atoms with Gasteiger partial charge < -0.3 is 19.3 Å². The molecular formula is C17H25NO4. The lowest BCUT2D eigenvalue weighted by Gasteiger charge is -2.34. The summed E-state index contributed by atoms with van der Waals surface area (Å²) >= 11 is 0. The van der Waals surface area contributed by atoms with E-state index >= 15 is 0 Å². The minimum atomic E-state index is -0.436. The lowest BCUT2D eigenvalue weighted by molar-refractivity contribution is -0.00141. The molecule has 5 nitrogen and oxygen atoms in total. The molecule has 0 amide bonds. The van der Waals surface area contributed by atoms with Gasteiger partial charge in [-0.2, -0.15) is 0 Å². The van der Waals surface area contributed by atoms with Crippen LogP contribution in [0.5, 0.6) is 11.5 Å². The smallest absolute Gasteiger partial charge is 0.231 e. The van der Waals surface area contributed by atoms with Gasteiger partial charge in [0.05, 0.1) is 19.3 Å². The van der Waals surface area contributed by atoms with Crippen LogP contribution in [0, 0.1) is 0 Å². The predicted molar refractivity (Wildman–Crippen MR) is 83.1 cm³/mol. The van der Waals surface area contributed by atoms with Crippen molar-refractivity contribution in [2.75, 3.05) is 26.5 Å². The van der Waals surface area contributed by atoms with E-state index in [1.807, 2.05) is 18.2 Å². The number of benzene rings is 1. The third kappa shape index (κ3) is 3.91. The highest BCUT2D eigenvalue weighted by molar-refractivity contribution is 5.44. The molecule has 2 aliphatic heterocycles. The summed E-state index contributed by atoms with van der Waals surface area (Å²) < 4.78 is 16.3. The van der Waals surface area contributed by atoms with E-state index in [2.05, 4.69) is 11.8 Å². The third-order valence-corrected chi connectivity index (χ3v) is 4.40. The number of ether oxygens (including phenoxy) is 3. The maximum atomic E-state index is 10.1. The lowest BCUT2D eigenvalue weighted by atomic mass is 10.0. The Balaban J connectivity index is 1.40. The quantitative estimate of drug-likeness (QED) is 0.873. The molecule has 3 rings (SSSR count). The third-order valence-electron chi connectivity index (χ3n) is 4.40. The molecule has 0 bridgehead atoms. The van der Waals surface area contributed by atoms with Gasteiger partial charge in [0.25, 0.3) is 0 Å². The molecule has 0 aromatic heterocycles. The number of nitrogens with zero attached hydrogens (tertiary/aromatic N) is 1. The highest BCUT2D eigenvalue weighted by atomic mass is 16.7. The average molecular weight is 307 g/mol. The van der Waals surface area contributed by atoms with Crippen molar-refractivity contribution >= 4 is 0 Å². The van der Waals surface area contributed by atoms with Crippen molar-refractivity contribution in [2.45, 2.75) is 44.9 Å². The van der Waals surface area contributed by atoms with Crippen molar-refractivity contribution in [1.29, 1.82) is 0 Å². The van der Waals surface area contributed by atoms with E-state index in [9.17, 15) is 5.11 Å². The van der Waals surface area contributed by atoms with Crippen LogP contribution >= 0.6 is 0 Å². The maximum absolute atomic E-state index is 10.1. The van der Waals surface area contributed by atoms with Crippen molar-refractivity contribution in [1.82, 2.24) is 4.90 Å². The minimum absolute atomic E-state index is 0.284. The van der Waals surface area contributed by atoms with Gasteiger partial charge >= 0.3 is 0 Å². The van der Waals surface area contributed by atoms with E-state index in [0.29, 0.717) is 25.8 Å². The zero-order valence-electron chi connectivity index (χ0n) is 13.2. The van der Waals surface area contributed by atoms with Gasteiger partial charge in [-0.15, -0.1) is 0 Å². The van der Waals surface area contributed by atoms with Crippen LogP contribution in [-0.2, 0) is 11.3 Å². The van der Waals surface area contributed by atoms with Crippen molar-refractivity contribution in [2.24, 2.45) is 0 Å². The topological polar surface area (TPSA) is 51.2 Å². The molecule has 2 aliphatic rings. The van der Waals surface area contributed by atoms with E-state index in [-0.39, 0.29) is 6.79 Å². The first-order chi connectivity index (χ1) is 10.7. The molecule has 5 heteroatoms. The number of β-amino-alcohol motifs (C(OH)–C–C–N with tert-alkyl or cyclic N) is 1. The number of aliphatic hydroxyl groups excluding tert-OH is 1. The minimum Gasteiger partial charge on any atom is -0.454 e. The molecule has 1 N–H and O–H groups in total. The van der Waals surface area contributed by atoms with Crippen molar-refractivity contribution < 1.29 is 19.3 Å². The van der Waals surface area contributed by atoms with E-state index in [1.54, 1.807) is 0 Å². The fourth-order valence-corrected chi connectivity index (χ4v) is 3.10. The summed E-state index contributed by atoms with van der Waals surface area (Å²) in [5.41, 5.74) is 1.03. The van der Waals surface area contributed by atoms with Crippen LogP contribution in [0.25, 0.3) is 0 Å². The number of rotatable bonds is 6. The Hall–Kier alpha value is -1.30. The number of hydrogen-bond donors (Lipinski definition) is 1. The number of piperidine rings is 1. The van der Waals surface area contributed by atoms with Gasteiger partial charge in [0, 0.05) is 12.6 Å². The van der Waals surface area contributed by atoms with Gasteiger partial charge in [-0.05, 0) is 44.0 Å². The Morgan fingerprint density at radius 3 is 3.05 bits per heavy atom. The van der Waals surface area contributed by atoms with Crippen LogP contribution in [0.3, 0.4) is 0 Å². The maximum Gasteiger partial charge on any atom is 0.231 e. The Morgan fingerprint density at radius 2 is 2.18 bits per heavy atom. The molecule has 0 saturated carbocycles. The highest BCUT2D eigenvalue weighted by Crippen LogP contribution is 2.32. The molecule has 1 saturated heterocycles. The van der Waals surface area contributed by atoms with Gasteiger partial charge in [-0.3, -0.25) is 4.90 Å². The summed E-state index contributed by atoms with van der Waals surface area (Å²) in [7, 11) is 0. The van der Waals surface area contributed by atoms with Crippen LogP contribution in [0.15, 0.2) is 18.2 Å². The molecular weight excluding hydrogens is 282 g/mol. The zero-order valence-corrected chi connectivity index (χ0v) is 13.2. The number of fused-ring (bicyclic) bond motifs is 1. The van der Waals surface area contributed by atoms with Gasteiger partial charge in [0.2, 0.25) is 6.79 Å². The van der Waals surface area contributed by atoms with Crippen molar-refractivity contribution in [3.63, 3.8) is 0 Å². The lowest BCUT2D eigenvalue weighted by Crippen LogP contribution is -2.43. The van der Waals surface area contributed by atoms with Crippen LogP contribution in [0.4, 0.5) is 0 Å². The van der Waals surface area contributed by atoms with E-state index in [1.165, 1.54) is 19.3 Å². The Bertz CT molecular complexity index is 494. The molecule has 2 heterocycles. The number of likely N-dealkylation sites (tertiary alicyclic amines) is 1. The van der Waals surface area contributed by atoms with E-state index in [0.717, 1.165) is 23.6 Å². The van der Waals surface area contributed by atoms with Crippen molar-refractivity contribution in [3.05, 3.63) is 23.8 Å². The SMILES string of the molecule is C[C@H]1CCCCN1C[C@H](O)COCc1ccc2c(c1)OCO2. The summed E-state index contributed by atoms with van der Waals surface area (Å²) in [5, 5.41) is 10.1. The fourth-order valence-electron chi connectivity index (χ4n) is 3.10. The zero-order chi connectivity index (χ0) is 15.4. The highest BCUT2D eigenvalue weighted by Gasteiger charge is 2.20. The molecule has 0 aliphatic carbocycles. The second kappa shape index (κ2) is 7.31. The first-order valence-electron chi connectivity index (χ1n) is 8.11. The van der Waals surface area contributed by atoms with Gasteiger partial charge in [0.15, 0.2) is 11.5 Å². The molecule has 2 atom stereocenters. The average Bonchev–Trinajstić information content (AvgIpc) is 2.97. The molecule has 1 fully saturated rings. The molecule has 0 radical (unpaired) electrons. The number of hydrogen-bond acceptors (Lipinski definition) is 5. The van der Waals surface area contributed by atoms with Crippen LogP contribution < -0.4 is 9.47 Å². The molecule has 1 aromatic carbocycles. The molecule has 0 unspecified atom stereocenters. The van der Waals surface area contributed by atoms with Crippen LogP contribution in [0.2, 0.25) is 0 Å². The van der Waals surface area contributed by atoms with Gasteiger partial charge in [-0.1, -0.05) is 12.5 Å².